The largest absolute Gasteiger partial charge is 0.335 e. The van der Waals surface area contributed by atoms with Gasteiger partial charge in [-0.2, -0.15) is 5.10 Å². The molecule has 0 spiro atoms. The smallest absolute Gasteiger partial charge is 0.272 e. The Kier molecular flexibility index (Phi) is 4.17. The Labute approximate surface area is 151 Å². The summed E-state index contributed by atoms with van der Waals surface area (Å²) < 4.78 is 1.80. The molecular formula is C20H21N3OS. The zero-order chi connectivity index (χ0) is 17.4. The third kappa shape index (κ3) is 3.24. The monoisotopic (exact) mass is 351 g/mol. The molecule has 1 fully saturated rings. The second-order valence-electron chi connectivity index (χ2n) is 6.66. The molecule has 0 unspecified atom stereocenters. The summed E-state index contributed by atoms with van der Waals surface area (Å²) in [6.07, 6.45) is 2.34. The minimum Gasteiger partial charge on any atom is -0.335 e. The van der Waals surface area contributed by atoms with E-state index in [-0.39, 0.29) is 5.91 Å². The van der Waals surface area contributed by atoms with Crippen molar-refractivity contribution in [3.05, 3.63) is 69.7 Å². The van der Waals surface area contributed by atoms with Gasteiger partial charge >= 0.3 is 0 Å². The minimum atomic E-state index is 0.0102. The van der Waals surface area contributed by atoms with E-state index in [0.717, 1.165) is 11.4 Å². The molecule has 0 saturated heterocycles. The van der Waals surface area contributed by atoms with Gasteiger partial charge in [-0.3, -0.25) is 4.79 Å². The number of benzene rings is 1. The average molecular weight is 351 g/mol. The average Bonchev–Trinajstić information content (AvgIpc) is 3.27. The van der Waals surface area contributed by atoms with E-state index < -0.39 is 0 Å². The van der Waals surface area contributed by atoms with Crippen LogP contribution in [0.1, 0.15) is 45.4 Å². The first-order valence-corrected chi connectivity index (χ1v) is 9.45. The molecular weight excluding hydrogens is 330 g/mol. The minimum absolute atomic E-state index is 0.0102. The molecule has 3 aromatic rings. The highest BCUT2D eigenvalue weighted by Gasteiger charge is 2.29. The van der Waals surface area contributed by atoms with E-state index in [1.807, 2.05) is 43.4 Å². The van der Waals surface area contributed by atoms with Crippen LogP contribution in [0.3, 0.4) is 0 Å². The molecule has 0 N–H and O–H groups in total. The molecule has 1 saturated carbocycles. The summed E-state index contributed by atoms with van der Waals surface area (Å²) in [5, 5.41) is 6.80. The van der Waals surface area contributed by atoms with Gasteiger partial charge in [0.25, 0.3) is 5.91 Å². The van der Waals surface area contributed by atoms with Crippen molar-refractivity contribution in [2.24, 2.45) is 0 Å². The summed E-state index contributed by atoms with van der Waals surface area (Å²) in [6.45, 7) is 2.71. The molecule has 5 heteroatoms. The van der Waals surface area contributed by atoms with Crippen molar-refractivity contribution in [1.82, 2.24) is 14.7 Å². The molecule has 1 aliphatic carbocycles. The lowest BCUT2D eigenvalue weighted by Gasteiger charge is -2.17. The van der Waals surface area contributed by atoms with E-state index in [9.17, 15) is 4.79 Å². The second kappa shape index (κ2) is 6.48. The van der Waals surface area contributed by atoms with Gasteiger partial charge in [0.2, 0.25) is 0 Å². The van der Waals surface area contributed by atoms with Crippen LogP contribution < -0.4 is 0 Å². The van der Waals surface area contributed by atoms with Gasteiger partial charge in [0, 0.05) is 17.8 Å². The molecule has 1 aliphatic rings. The quantitative estimate of drug-likeness (QED) is 0.684. The Morgan fingerprint density at radius 3 is 2.68 bits per heavy atom. The predicted molar refractivity (Wildman–Crippen MR) is 100 cm³/mol. The fourth-order valence-electron chi connectivity index (χ4n) is 2.95. The zero-order valence-corrected chi connectivity index (χ0v) is 15.3. The van der Waals surface area contributed by atoms with Gasteiger partial charge in [-0.15, -0.1) is 11.3 Å². The highest BCUT2D eigenvalue weighted by atomic mass is 32.1. The molecule has 2 aromatic heterocycles. The molecule has 0 atom stereocenters. The van der Waals surface area contributed by atoms with Crippen molar-refractivity contribution in [1.29, 1.82) is 0 Å². The van der Waals surface area contributed by atoms with Gasteiger partial charge in [0.15, 0.2) is 0 Å². The van der Waals surface area contributed by atoms with Gasteiger partial charge in [-0.05, 0) is 55.0 Å². The number of aromatic nitrogens is 2. The molecule has 4 rings (SSSR count). The lowest BCUT2D eigenvalue weighted by molar-refractivity contribution is 0.0777. The van der Waals surface area contributed by atoms with Crippen LogP contribution in [0.2, 0.25) is 0 Å². The summed E-state index contributed by atoms with van der Waals surface area (Å²) in [6, 6.07) is 14.0. The van der Waals surface area contributed by atoms with Gasteiger partial charge in [0.1, 0.15) is 5.69 Å². The highest BCUT2D eigenvalue weighted by molar-refractivity contribution is 7.10. The first-order valence-electron chi connectivity index (χ1n) is 8.57. The van der Waals surface area contributed by atoms with Crippen LogP contribution >= 0.6 is 11.3 Å². The maximum Gasteiger partial charge on any atom is 0.272 e. The van der Waals surface area contributed by atoms with E-state index in [2.05, 4.69) is 18.4 Å². The van der Waals surface area contributed by atoms with Crippen molar-refractivity contribution in [3.63, 3.8) is 0 Å². The van der Waals surface area contributed by atoms with E-state index in [1.54, 1.807) is 20.9 Å². The summed E-state index contributed by atoms with van der Waals surface area (Å²) in [4.78, 5) is 16.1. The van der Waals surface area contributed by atoms with Crippen molar-refractivity contribution in [2.45, 2.75) is 32.2 Å². The molecule has 128 valence electrons. The lowest BCUT2D eigenvalue weighted by atomic mass is 10.2. The molecule has 0 radical (unpaired) electrons. The van der Waals surface area contributed by atoms with Crippen LogP contribution in [0.4, 0.5) is 0 Å². The first kappa shape index (κ1) is 16.1. The number of hydrogen-bond acceptors (Lipinski definition) is 3. The Balaban J connectivity index is 1.66. The van der Waals surface area contributed by atoms with Gasteiger partial charge < -0.3 is 4.90 Å². The molecule has 1 amide bonds. The Hall–Kier alpha value is -2.40. The predicted octanol–water partition coefficient (Wildman–Crippen LogP) is 4.39. The summed E-state index contributed by atoms with van der Waals surface area (Å²) >= 11 is 1.69. The number of hydrogen-bond donors (Lipinski definition) is 0. The number of aryl methyl sites for hydroxylation is 1. The number of carbonyl (C=O) groups excluding carboxylic acids is 1. The fraction of sp³-hybridized carbons (Fsp3) is 0.300. The van der Waals surface area contributed by atoms with Crippen molar-refractivity contribution in [2.75, 3.05) is 7.05 Å². The van der Waals surface area contributed by atoms with Crippen LogP contribution in [0.25, 0.3) is 5.69 Å². The van der Waals surface area contributed by atoms with Crippen LogP contribution in [0.5, 0.6) is 0 Å². The topological polar surface area (TPSA) is 38.1 Å². The highest BCUT2D eigenvalue weighted by Crippen LogP contribution is 2.39. The van der Waals surface area contributed by atoms with E-state index in [0.29, 0.717) is 18.2 Å². The Morgan fingerprint density at radius 2 is 2.04 bits per heavy atom. The van der Waals surface area contributed by atoms with Gasteiger partial charge in [0.05, 0.1) is 17.9 Å². The molecule has 1 aromatic carbocycles. The number of amides is 1. The summed E-state index contributed by atoms with van der Waals surface area (Å²) in [7, 11) is 1.86. The second-order valence-corrected chi connectivity index (χ2v) is 7.66. The fourth-order valence-corrected chi connectivity index (χ4v) is 3.90. The van der Waals surface area contributed by atoms with Gasteiger partial charge in [-0.25, -0.2) is 4.68 Å². The van der Waals surface area contributed by atoms with Crippen molar-refractivity contribution >= 4 is 17.2 Å². The molecule has 0 bridgehead atoms. The maximum atomic E-state index is 13.1. The third-order valence-electron chi connectivity index (χ3n) is 4.64. The first-order chi connectivity index (χ1) is 12.1. The van der Waals surface area contributed by atoms with Crippen molar-refractivity contribution in [3.8, 4) is 5.69 Å². The van der Waals surface area contributed by atoms with Crippen LogP contribution in [-0.4, -0.2) is 27.6 Å². The molecule has 2 heterocycles. The van der Waals surface area contributed by atoms with Crippen LogP contribution in [0, 0.1) is 6.92 Å². The Morgan fingerprint density at radius 1 is 1.28 bits per heavy atom. The number of thiophene rings is 1. The number of nitrogens with zero attached hydrogens (tertiary/aromatic N) is 3. The van der Waals surface area contributed by atoms with E-state index in [4.69, 9.17) is 5.10 Å². The molecule has 0 aliphatic heterocycles. The number of carbonyl (C=O) groups is 1. The maximum absolute atomic E-state index is 13.1. The number of rotatable bonds is 5. The molecule has 25 heavy (non-hydrogen) atoms. The standard InChI is InChI=1S/C20H21N3OS/c1-14-10-11-25-19(14)13-22(2)20(24)18-12-17(15-8-9-15)21-23(18)16-6-4-3-5-7-16/h3-7,10-12,15H,8-9,13H2,1-2H3. The number of para-hydroxylation sites is 1. The van der Waals surface area contributed by atoms with Gasteiger partial charge in [-0.1, -0.05) is 18.2 Å². The summed E-state index contributed by atoms with van der Waals surface area (Å²) in [5.41, 5.74) is 3.84. The SMILES string of the molecule is Cc1ccsc1CN(C)C(=O)c1cc(C2CC2)nn1-c1ccccc1. The summed E-state index contributed by atoms with van der Waals surface area (Å²) in [5.74, 6) is 0.525. The Bertz CT molecular complexity index is 893. The van der Waals surface area contributed by atoms with E-state index >= 15 is 0 Å². The third-order valence-corrected chi connectivity index (χ3v) is 5.65. The lowest BCUT2D eigenvalue weighted by Crippen LogP contribution is -2.28. The molecule has 4 nitrogen and oxygen atoms in total. The zero-order valence-electron chi connectivity index (χ0n) is 14.5. The normalized spacial score (nSPS) is 13.8. The van der Waals surface area contributed by atoms with Crippen molar-refractivity contribution < 1.29 is 4.79 Å². The van der Waals surface area contributed by atoms with Crippen LogP contribution in [0.15, 0.2) is 47.8 Å². The van der Waals surface area contributed by atoms with E-state index in [1.165, 1.54) is 23.3 Å². The van der Waals surface area contributed by atoms with Crippen LogP contribution in [-0.2, 0) is 6.54 Å².